The van der Waals surface area contributed by atoms with Gasteiger partial charge < -0.3 is 14.2 Å². The molecule has 0 aromatic carbocycles. The van der Waals surface area contributed by atoms with E-state index >= 15 is 0 Å². The van der Waals surface area contributed by atoms with Gasteiger partial charge in [0.05, 0.1) is 55.1 Å². The third-order valence-electron chi connectivity index (χ3n) is 6.38. The first-order valence-corrected chi connectivity index (χ1v) is 20.2. The topological polar surface area (TPSA) is 199 Å². The Morgan fingerprint density at radius 1 is 0.678 bits per heavy atom. The summed E-state index contributed by atoms with van der Waals surface area (Å²) >= 11 is 10.2. The van der Waals surface area contributed by atoms with Gasteiger partial charge >= 0.3 is 24.1 Å². The largest absolute Gasteiger partial charge is 0.462 e. The molecule has 6 heterocycles. The van der Waals surface area contributed by atoms with E-state index in [4.69, 9.17) is 25.9 Å². The van der Waals surface area contributed by atoms with Gasteiger partial charge in [0.2, 0.25) is 16.5 Å². The number of esters is 3. The molecule has 0 saturated heterocycles. The number of nitrogens with zero attached hydrogens (tertiary/aromatic N) is 8. The van der Waals surface area contributed by atoms with Crippen LogP contribution < -0.4 is 0 Å². The number of ether oxygens (including phenoxy) is 3. The molecule has 23 heteroatoms. The fourth-order valence-electron chi connectivity index (χ4n) is 3.65. The van der Waals surface area contributed by atoms with Gasteiger partial charge in [-0.05, 0) is 40.0 Å². The maximum absolute atomic E-state index is 11.5. The molecule has 59 heavy (non-hydrogen) atoms. The van der Waals surface area contributed by atoms with Crippen LogP contribution in [0.2, 0.25) is 4.47 Å². The lowest BCUT2D eigenvalue weighted by atomic mass is 10.4. The van der Waals surface area contributed by atoms with Crippen molar-refractivity contribution in [1.29, 1.82) is 0 Å². The summed E-state index contributed by atoms with van der Waals surface area (Å²) < 4.78 is 49.6. The van der Waals surface area contributed by atoms with Gasteiger partial charge in [-0.3, -0.25) is 9.89 Å². The van der Waals surface area contributed by atoms with Crippen LogP contribution >= 0.6 is 45.6 Å². The highest BCUT2D eigenvalue weighted by molar-refractivity contribution is 7.15. The molecule has 0 spiro atoms. The van der Waals surface area contributed by atoms with Crippen LogP contribution in [0.15, 0.2) is 55.8 Å². The second-order valence-electron chi connectivity index (χ2n) is 10.5. The summed E-state index contributed by atoms with van der Waals surface area (Å²) in [6, 6.07) is 0. The minimum absolute atomic E-state index is 0. The van der Waals surface area contributed by atoms with E-state index in [9.17, 15) is 27.6 Å². The number of thiazole rings is 3. The minimum Gasteiger partial charge on any atom is -0.462 e. The van der Waals surface area contributed by atoms with E-state index in [1.54, 1.807) is 76.5 Å². The van der Waals surface area contributed by atoms with E-state index in [2.05, 4.69) is 60.9 Å². The summed E-state index contributed by atoms with van der Waals surface area (Å²) in [4.78, 5) is 58.4. The Morgan fingerprint density at radius 3 is 1.36 bits per heavy atom. The van der Waals surface area contributed by atoms with Gasteiger partial charge in [0, 0.05) is 51.8 Å². The lowest BCUT2D eigenvalue weighted by Crippen LogP contribution is -2.07. The molecule has 0 aliphatic rings. The summed E-state index contributed by atoms with van der Waals surface area (Å²) in [5, 5.41) is 15.8. The van der Waals surface area contributed by atoms with E-state index in [1.165, 1.54) is 39.4 Å². The third kappa shape index (κ3) is 18.9. The number of carbonyl (C=O) groups is 4. The molecule has 0 unspecified atom stereocenters. The standard InChI is InChI=1S/2C11H13N3O2S.C6H8N2O2.C5H6ClNS.C2HF3O.CH4/c2*1-3-9-6-12-11(17-9)14-7-8(5-13-14)10(15)16-4-2;1-2-10-6(9)5-3-7-8-4-5;1-2-4-3-7-5(6)8-4;3-2(4,5)1-6;/h2*5-7H,3-4H2,1-2H3;3-4H,2H2,1H3,(H,7,8);3H,2H2,1H3;1H;1H4. The summed E-state index contributed by atoms with van der Waals surface area (Å²) in [6.07, 6.45) is 11.9. The number of hydrogen-bond donors (Lipinski definition) is 1. The van der Waals surface area contributed by atoms with Crippen molar-refractivity contribution in [3.8, 4) is 10.3 Å². The third-order valence-corrected chi connectivity index (χ3v) is 9.90. The van der Waals surface area contributed by atoms with Crippen molar-refractivity contribution in [1.82, 2.24) is 44.7 Å². The Hall–Kier alpha value is -5.32. The van der Waals surface area contributed by atoms with Crippen molar-refractivity contribution < 1.29 is 46.6 Å². The summed E-state index contributed by atoms with van der Waals surface area (Å²) in [6.45, 7) is 12.7. The number of aromatic nitrogens is 9. The first-order valence-electron chi connectivity index (χ1n) is 17.3. The fourth-order valence-corrected chi connectivity index (χ4v) is 6.14. The van der Waals surface area contributed by atoms with Crippen LogP contribution in [0.25, 0.3) is 10.3 Å². The van der Waals surface area contributed by atoms with Crippen molar-refractivity contribution in [3.63, 3.8) is 0 Å². The second kappa shape index (κ2) is 27.4. The van der Waals surface area contributed by atoms with E-state index < -0.39 is 12.5 Å². The zero-order valence-electron chi connectivity index (χ0n) is 32.2. The molecule has 16 nitrogen and oxygen atoms in total. The molecule has 0 fully saturated rings. The van der Waals surface area contributed by atoms with Crippen LogP contribution in [0.1, 0.15) is 94.7 Å². The van der Waals surface area contributed by atoms with Gasteiger partial charge in [0.15, 0.2) is 4.47 Å². The fraction of sp³-hybridized carbons (Fsp3) is 0.389. The number of alkyl halides is 3. The van der Waals surface area contributed by atoms with Crippen molar-refractivity contribution >= 4 is 69.8 Å². The quantitative estimate of drug-likeness (QED) is 0.0739. The van der Waals surface area contributed by atoms with Crippen molar-refractivity contribution in [3.05, 3.63) is 91.6 Å². The van der Waals surface area contributed by atoms with E-state index in [0.717, 1.165) is 29.5 Å². The molecule has 6 aromatic rings. The number of carbonyl (C=O) groups excluding carboxylic acids is 4. The Balaban J connectivity index is 0.000000387. The highest BCUT2D eigenvalue weighted by Gasteiger charge is 2.25. The Morgan fingerprint density at radius 2 is 1.07 bits per heavy atom. The van der Waals surface area contributed by atoms with Gasteiger partial charge in [-0.1, -0.05) is 62.5 Å². The van der Waals surface area contributed by atoms with E-state index in [1.807, 2.05) is 18.6 Å². The Kier molecular flexibility index (Phi) is 24.0. The monoisotopic (exact) mass is 903 g/mol. The minimum atomic E-state index is -4.64. The summed E-state index contributed by atoms with van der Waals surface area (Å²) in [7, 11) is 0. The van der Waals surface area contributed by atoms with Crippen LogP contribution in [0, 0.1) is 0 Å². The number of halogens is 4. The predicted molar refractivity (Wildman–Crippen MR) is 219 cm³/mol. The Labute approximate surface area is 355 Å². The molecule has 6 aromatic heterocycles. The highest BCUT2D eigenvalue weighted by Crippen LogP contribution is 2.19. The van der Waals surface area contributed by atoms with Gasteiger partial charge in [0.1, 0.15) is 0 Å². The highest BCUT2D eigenvalue weighted by atomic mass is 35.5. The average Bonchev–Trinajstić information content (AvgIpc) is 4.06. The molecular weight excluding hydrogens is 859 g/mol. The molecule has 6 rings (SSSR count). The van der Waals surface area contributed by atoms with Gasteiger partial charge in [-0.25, -0.2) is 38.7 Å². The summed E-state index contributed by atoms with van der Waals surface area (Å²) in [5.74, 6) is -1.05. The van der Waals surface area contributed by atoms with Crippen LogP contribution in [0.3, 0.4) is 0 Å². The number of rotatable bonds is 11. The maximum Gasteiger partial charge on any atom is 0.446 e. The lowest BCUT2D eigenvalue weighted by Gasteiger charge is -1.96. The average molecular weight is 904 g/mol. The SMILES string of the molecule is C.CCOC(=O)c1cn[nH]c1.CCOC(=O)c1cnn(-c2ncc(CC)s2)c1.CCOC(=O)c1cnn(-c2ncc(CC)s2)c1.CCc1cnc(Cl)s1.O=CC(F)(F)F. The van der Waals surface area contributed by atoms with Crippen LogP contribution in [0.4, 0.5) is 13.2 Å². The second-order valence-corrected chi connectivity index (χ2v) is 14.4. The number of H-pyrrole nitrogens is 1. The number of aromatic amines is 1. The molecular formula is C36H45ClF3N9O7S3. The molecule has 0 amide bonds. The van der Waals surface area contributed by atoms with Crippen LogP contribution in [0.5, 0.6) is 0 Å². The molecule has 0 atom stereocenters. The molecule has 0 bridgehead atoms. The van der Waals surface area contributed by atoms with Crippen molar-refractivity contribution in [2.75, 3.05) is 19.8 Å². The van der Waals surface area contributed by atoms with E-state index in [-0.39, 0.29) is 25.3 Å². The first kappa shape index (κ1) is 51.7. The zero-order valence-corrected chi connectivity index (χ0v) is 35.4. The summed E-state index contributed by atoms with van der Waals surface area (Å²) in [5.41, 5.74) is 1.35. The van der Waals surface area contributed by atoms with E-state index in [0.29, 0.717) is 41.0 Å². The zero-order chi connectivity index (χ0) is 43.1. The molecule has 322 valence electrons. The molecule has 0 radical (unpaired) electrons. The van der Waals surface area contributed by atoms with Crippen LogP contribution in [-0.2, 0) is 38.3 Å². The molecule has 0 saturated carbocycles. The number of aryl methyl sites for hydroxylation is 3. The normalized spacial score (nSPS) is 10.1. The number of hydrogen-bond acceptors (Lipinski definition) is 16. The van der Waals surface area contributed by atoms with Gasteiger partial charge in [-0.15, -0.1) is 11.3 Å². The number of nitrogens with one attached hydrogen (secondary N) is 1. The maximum atomic E-state index is 11.5. The van der Waals surface area contributed by atoms with Crippen molar-refractivity contribution in [2.24, 2.45) is 0 Å². The van der Waals surface area contributed by atoms with Crippen molar-refractivity contribution in [2.45, 2.75) is 74.4 Å². The Bertz CT molecular complexity index is 2020. The van der Waals surface area contributed by atoms with Gasteiger partial charge in [0.25, 0.3) is 0 Å². The smallest absolute Gasteiger partial charge is 0.446 e. The molecule has 0 aliphatic heterocycles. The molecule has 0 aliphatic carbocycles. The predicted octanol–water partition coefficient (Wildman–Crippen LogP) is 8.46. The first-order chi connectivity index (χ1) is 27.7. The van der Waals surface area contributed by atoms with Crippen LogP contribution in [-0.4, -0.2) is 94.9 Å². The number of aldehydes is 1. The lowest BCUT2D eigenvalue weighted by molar-refractivity contribution is -0.156. The van der Waals surface area contributed by atoms with Gasteiger partial charge in [-0.2, -0.15) is 28.5 Å². The molecule has 1 N–H and O–H groups in total.